The van der Waals surface area contributed by atoms with Crippen molar-refractivity contribution >= 4 is 33.3 Å². The van der Waals surface area contributed by atoms with Crippen LogP contribution in [0.4, 0.5) is 11.8 Å². The van der Waals surface area contributed by atoms with Crippen molar-refractivity contribution < 1.29 is 4.42 Å². The third-order valence-corrected chi connectivity index (χ3v) is 4.02. The van der Waals surface area contributed by atoms with Gasteiger partial charge in [0, 0.05) is 11.4 Å². The Hall–Kier alpha value is -2.08. The number of furan rings is 1. The Morgan fingerprint density at radius 3 is 2.76 bits per heavy atom. The highest BCUT2D eigenvalue weighted by Crippen LogP contribution is 2.29. The molecule has 0 amide bonds. The average molecular weight is 302 g/mol. The molecule has 0 aliphatic carbocycles. The van der Waals surface area contributed by atoms with E-state index in [-0.39, 0.29) is 0 Å². The summed E-state index contributed by atoms with van der Waals surface area (Å²) in [6.45, 7) is 7.47. The number of aryl methyl sites for hydroxylation is 2. The van der Waals surface area contributed by atoms with Crippen molar-refractivity contribution in [3.8, 4) is 0 Å². The van der Waals surface area contributed by atoms with Crippen molar-refractivity contribution in [3.63, 3.8) is 0 Å². The van der Waals surface area contributed by atoms with Gasteiger partial charge in [-0.15, -0.1) is 11.3 Å². The van der Waals surface area contributed by atoms with E-state index in [2.05, 4.69) is 33.6 Å². The highest BCUT2D eigenvalue weighted by molar-refractivity contribution is 7.18. The van der Waals surface area contributed by atoms with Crippen molar-refractivity contribution in [2.24, 2.45) is 0 Å². The molecule has 6 heteroatoms. The van der Waals surface area contributed by atoms with E-state index >= 15 is 0 Å². The van der Waals surface area contributed by atoms with Crippen molar-refractivity contribution in [3.05, 3.63) is 34.6 Å². The highest BCUT2D eigenvalue weighted by atomic mass is 32.1. The van der Waals surface area contributed by atoms with Gasteiger partial charge in [-0.25, -0.2) is 4.98 Å². The predicted molar refractivity (Wildman–Crippen MR) is 87.1 cm³/mol. The number of aromatic nitrogens is 2. The molecule has 0 bridgehead atoms. The minimum absolute atomic E-state index is 0.612. The molecule has 3 aromatic rings. The summed E-state index contributed by atoms with van der Waals surface area (Å²) in [5, 5.41) is 7.58. The fourth-order valence-corrected chi connectivity index (χ4v) is 3.04. The molecule has 0 atom stereocenters. The second kappa shape index (κ2) is 5.73. The molecule has 0 aromatic carbocycles. The molecule has 0 spiro atoms. The molecule has 3 aromatic heterocycles. The van der Waals surface area contributed by atoms with Crippen molar-refractivity contribution in [2.75, 3.05) is 17.2 Å². The fraction of sp³-hybridized carbons (Fsp3) is 0.333. The molecule has 3 heterocycles. The molecule has 0 saturated heterocycles. The van der Waals surface area contributed by atoms with E-state index in [9.17, 15) is 0 Å². The number of hydrogen-bond acceptors (Lipinski definition) is 6. The van der Waals surface area contributed by atoms with Crippen LogP contribution in [0.3, 0.4) is 0 Å². The smallest absolute Gasteiger partial charge is 0.226 e. The largest absolute Gasteiger partial charge is 0.465 e. The quantitative estimate of drug-likeness (QED) is 0.747. The fourth-order valence-electron chi connectivity index (χ4n) is 2.16. The molecule has 2 N–H and O–H groups in total. The first kappa shape index (κ1) is 13.9. The summed E-state index contributed by atoms with van der Waals surface area (Å²) in [6, 6.07) is 6.06. The monoisotopic (exact) mass is 302 g/mol. The van der Waals surface area contributed by atoms with Gasteiger partial charge in [-0.1, -0.05) is 0 Å². The molecule has 110 valence electrons. The number of hydrogen-bond donors (Lipinski definition) is 2. The van der Waals surface area contributed by atoms with Gasteiger partial charge in [-0.3, -0.25) is 0 Å². The van der Waals surface area contributed by atoms with E-state index in [0.29, 0.717) is 12.5 Å². The maximum absolute atomic E-state index is 5.58. The Morgan fingerprint density at radius 1 is 1.19 bits per heavy atom. The lowest BCUT2D eigenvalue weighted by atomic mass is 10.3. The summed E-state index contributed by atoms with van der Waals surface area (Å²) >= 11 is 1.68. The van der Waals surface area contributed by atoms with Gasteiger partial charge in [0.1, 0.15) is 22.2 Å². The number of nitrogens with zero attached hydrogens (tertiary/aromatic N) is 2. The SMILES string of the molecule is CCNc1nc(NCc2ccc(C)o2)c2cc(C)sc2n1. The van der Waals surface area contributed by atoms with E-state index in [4.69, 9.17) is 4.42 Å². The van der Waals surface area contributed by atoms with Crippen LogP contribution >= 0.6 is 11.3 Å². The Balaban J connectivity index is 1.91. The van der Waals surface area contributed by atoms with Crippen LogP contribution in [0, 0.1) is 13.8 Å². The molecule has 0 aliphatic rings. The highest BCUT2D eigenvalue weighted by Gasteiger charge is 2.10. The topological polar surface area (TPSA) is 63.0 Å². The van der Waals surface area contributed by atoms with Gasteiger partial charge in [0.2, 0.25) is 5.95 Å². The Labute approximate surface area is 127 Å². The number of fused-ring (bicyclic) bond motifs is 1. The first-order valence-corrected chi connectivity index (χ1v) is 7.78. The Kier molecular flexibility index (Phi) is 3.79. The average Bonchev–Trinajstić information content (AvgIpc) is 3.01. The van der Waals surface area contributed by atoms with Gasteiger partial charge < -0.3 is 15.1 Å². The zero-order valence-electron chi connectivity index (χ0n) is 12.4. The minimum atomic E-state index is 0.612. The Bertz CT molecular complexity index is 762. The van der Waals surface area contributed by atoms with Gasteiger partial charge in [0.05, 0.1) is 11.9 Å². The summed E-state index contributed by atoms with van der Waals surface area (Å²) in [6.07, 6.45) is 0. The van der Waals surface area contributed by atoms with Crippen LogP contribution in [0.1, 0.15) is 23.3 Å². The maximum Gasteiger partial charge on any atom is 0.226 e. The zero-order valence-corrected chi connectivity index (χ0v) is 13.2. The molecular formula is C15H18N4OS. The number of nitrogens with one attached hydrogen (secondary N) is 2. The minimum Gasteiger partial charge on any atom is -0.465 e. The third kappa shape index (κ3) is 3.00. The second-order valence-corrected chi connectivity index (χ2v) is 6.10. The van der Waals surface area contributed by atoms with Gasteiger partial charge >= 0.3 is 0 Å². The van der Waals surface area contributed by atoms with E-state index < -0.39 is 0 Å². The molecular weight excluding hydrogens is 284 g/mol. The lowest BCUT2D eigenvalue weighted by Crippen LogP contribution is -2.06. The molecule has 0 aliphatic heterocycles. The normalized spacial score (nSPS) is 11.0. The van der Waals surface area contributed by atoms with Crippen molar-refractivity contribution in [1.82, 2.24) is 9.97 Å². The summed E-state index contributed by atoms with van der Waals surface area (Å²) < 4.78 is 5.58. The molecule has 0 fully saturated rings. The zero-order chi connectivity index (χ0) is 14.8. The first-order chi connectivity index (χ1) is 10.2. The van der Waals surface area contributed by atoms with E-state index in [1.165, 1.54) is 4.88 Å². The Morgan fingerprint density at radius 2 is 2.05 bits per heavy atom. The van der Waals surface area contributed by atoms with Gasteiger partial charge in [0.25, 0.3) is 0 Å². The van der Waals surface area contributed by atoms with Crippen molar-refractivity contribution in [2.45, 2.75) is 27.3 Å². The van der Waals surface area contributed by atoms with Crippen molar-refractivity contribution in [1.29, 1.82) is 0 Å². The predicted octanol–water partition coefficient (Wildman–Crippen LogP) is 3.95. The summed E-state index contributed by atoms with van der Waals surface area (Å²) in [7, 11) is 0. The number of thiophene rings is 1. The molecule has 0 saturated carbocycles. The summed E-state index contributed by atoms with van der Waals surface area (Å²) in [5.41, 5.74) is 0. The lowest BCUT2D eigenvalue weighted by molar-refractivity contribution is 0.490. The second-order valence-electron chi connectivity index (χ2n) is 4.87. The van der Waals surface area contributed by atoms with Crippen LogP contribution < -0.4 is 10.6 Å². The summed E-state index contributed by atoms with van der Waals surface area (Å²) in [4.78, 5) is 11.3. The first-order valence-electron chi connectivity index (χ1n) is 6.97. The van der Waals surface area contributed by atoms with E-state index in [0.717, 1.165) is 34.1 Å². The molecule has 0 unspecified atom stereocenters. The number of anilines is 2. The standard InChI is InChI=1S/C15H18N4OS/c1-4-16-15-18-13(12-7-10(3)21-14(12)19-15)17-8-11-6-5-9(2)20-11/h5-7H,4,8H2,1-3H3,(H2,16,17,18,19). The van der Waals surface area contributed by atoms with Gasteiger partial charge in [-0.05, 0) is 39.0 Å². The van der Waals surface area contributed by atoms with Crippen LogP contribution in [0.5, 0.6) is 0 Å². The molecule has 21 heavy (non-hydrogen) atoms. The molecule has 0 radical (unpaired) electrons. The van der Waals surface area contributed by atoms with Gasteiger partial charge in [0.15, 0.2) is 0 Å². The molecule has 3 rings (SSSR count). The molecule has 5 nitrogen and oxygen atoms in total. The van der Waals surface area contributed by atoms with Crippen LogP contribution in [0.15, 0.2) is 22.6 Å². The van der Waals surface area contributed by atoms with E-state index in [1.54, 1.807) is 11.3 Å². The van der Waals surface area contributed by atoms with Crippen LogP contribution in [0.25, 0.3) is 10.2 Å². The van der Waals surface area contributed by atoms with Crippen LogP contribution in [0.2, 0.25) is 0 Å². The van der Waals surface area contributed by atoms with Crippen LogP contribution in [-0.2, 0) is 6.54 Å². The van der Waals surface area contributed by atoms with Gasteiger partial charge in [-0.2, -0.15) is 4.98 Å². The lowest BCUT2D eigenvalue weighted by Gasteiger charge is -2.08. The van der Waals surface area contributed by atoms with Crippen LogP contribution in [-0.4, -0.2) is 16.5 Å². The maximum atomic E-state index is 5.58. The third-order valence-electron chi connectivity index (χ3n) is 3.08. The van der Waals surface area contributed by atoms with E-state index in [1.807, 2.05) is 26.0 Å². The summed E-state index contributed by atoms with van der Waals surface area (Å²) in [5.74, 6) is 3.31. The number of rotatable bonds is 5.